The lowest BCUT2D eigenvalue weighted by atomic mass is 10.1. The number of ether oxygens (including phenoxy) is 1. The van der Waals surface area contributed by atoms with Gasteiger partial charge in [-0.2, -0.15) is 9.98 Å². The molecule has 1 N–H and O–H groups in total. The molecule has 0 spiro atoms. The molecule has 0 aliphatic rings. The van der Waals surface area contributed by atoms with Gasteiger partial charge in [-0.25, -0.2) is 8.42 Å². The normalized spacial score (nSPS) is 12.4. The number of hydrogen-bond acceptors (Lipinski definition) is 4. The highest BCUT2D eigenvalue weighted by Gasteiger charge is 2.21. The number of hydrogen-bond donors (Lipinski definition) is 1. The highest BCUT2D eigenvalue weighted by atomic mass is 32.2. The molecule has 6 heteroatoms. The number of rotatable bonds is 6. The lowest BCUT2D eigenvalue weighted by Gasteiger charge is -2.13. The predicted molar refractivity (Wildman–Crippen MR) is 87.5 cm³/mol. The molecule has 5 nitrogen and oxygen atoms in total. The second-order valence-corrected chi connectivity index (χ2v) is 6.71. The molecule has 0 saturated heterocycles. The molecular weight excluding hydrogens is 312 g/mol. The fourth-order valence-electron chi connectivity index (χ4n) is 2.03. The van der Waals surface area contributed by atoms with E-state index in [9.17, 15) is 13.7 Å². The van der Waals surface area contributed by atoms with E-state index in [-0.39, 0.29) is 4.90 Å². The molecular formula is C17H18N2O3S. The summed E-state index contributed by atoms with van der Waals surface area (Å²) in [5.41, 5.74) is 1.53. The zero-order chi connectivity index (χ0) is 16.9. The summed E-state index contributed by atoms with van der Waals surface area (Å²) in [4.78, 5) is 0.134. The minimum absolute atomic E-state index is 0.134. The van der Waals surface area contributed by atoms with Crippen LogP contribution in [0.15, 0.2) is 53.4 Å². The number of benzene rings is 2. The quantitative estimate of drug-likeness (QED) is 0.883. The van der Waals surface area contributed by atoms with Crippen LogP contribution in [0.3, 0.4) is 0 Å². The van der Waals surface area contributed by atoms with E-state index in [2.05, 4.69) is 4.72 Å². The number of aryl methyl sites for hydroxylation is 1. The summed E-state index contributed by atoms with van der Waals surface area (Å²) < 4.78 is 32.5. The molecule has 0 aliphatic carbocycles. The average Bonchev–Trinajstić information content (AvgIpc) is 2.54. The summed E-state index contributed by atoms with van der Waals surface area (Å²) in [6, 6.07) is 14.3. The monoisotopic (exact) mass is 330 g/mol. The average molecular weight is 330 g/mol. The molecule has 0 fully saturated rings. The van der Waals surface area contributed by atoms with E-state index in [4.69, 9.17) is 4.74 Å². The molecule has 23 heavy (non-hydrogen) atoms. The summed E-state index contributed by atoms with van der Waals surface area (Å²) in [6.45, 7) is 4.30. The van der Waals surface area contributed by atoms with Crippen molar-refractivity contribution in [1.29, 1.82) is 5.26 Å². The molecule has 0 aliphatic heterocycles. The Labute approximate surface area is 136 Å². The van der Waals surface area contributed by atoms with Crippen LogP contribution in [-0.2, 0) is 10.0 Å². The Bertz CT molecular complexity index is 791. The van der Waals surface area contributed by atoms with Gasteiger partial charge >= 0.3 is 0 Å². The van der Waals surface area contributed by atoms with Gasteiger partial charge in [0.2, 0.25) is 10.0 Å². The first kappa shape index (κ1) is 17.0. The van der Waals surface area contributed by atoms with Gasteiger partial charge in [-0.05, 0) is 43.7 Å². The predicted octanol–water partition coefficient (Wildman–Crippen LogP) is 2.94. The topological polar surface area (TPSA) is 79.2 Å². The van der Waals surface area contributed by atoms with Crippen molar-refractivity contribution in [3.05, 3.63) is 59.7 Å². The number of nitrogens with zero attached hydrogens (tertiary/aromatic N) is 1. The smallest absolute Gasteiger partial charge is 0.241 e. The van der Waals surface area contributed by atoms with Crippen molar-refractivity contribution in [2.24, 2.45) is 0 Å². The van der Waals surface area contributed by atoms with Gasteiger partial charge in [-0.15, -0.1) is 0 Å². The van der Waals surface area contributed by atoms with Crippen LogP contribution < -0.4 is 9.46 Å². The highest BCUT2D eigenvalue weighted by Crippen LogP contribution is 2.20. The van der Waals surface area contributed by atoms with Gasteiger partial charge in [-0.3, -0.25) is 0 Å². The van der Waals surface area contributed by atoms with Crippen molar-refractivity contribution in [3.8, 4) is 11.8 Å². The molecule has 2 aromatic rings. The van der Waals surface area contributed by atoms with Gasteiger partial charge in [0.05, 0.1) is 17.6 Å². The first-order chi connectivity index (χ1) is 11.0. The zero-order valence-electron chi connectivity index (χ0n) is 13.0. The van der Waals surface area contributed by atoms with Crippen molar-refractivity contribution in [3.63, 3.8) is 0 Å². The van der Waals surface area contributed by atoms with Crippen molar-refractivity contribution in [2.45, 2.75) is 24.8 Å². The minimum atomic E-state index is -3.76. The van der Waals surface area contributed by atoms with Crippen molar-refractivity contribution in [2.75, 3.05) is 6.61 Å². The Morgan fingerprint density at radius 3 is 2.26 bits per heavy atom. The van der Waals surface area contributed by atoms with E-state index >= 15 is 0 Å². The standard InChI is InChI=1S/C17H18N2O3S/c1-3-22-15-8-6-14(7-9-15)17(12-18)19-23(20,21)16-10-4-13(2)5-11-16/h4-11,17,19H,3H2,1-2H3. The largest absolute Gasteiger partial charge is 0.494 e. The van der Waals surface area contributed by atoms with E-state index in [1.165, 1.54) is 12.1 Å². The lowest BCUT2D eigenvalue weighted by Crippen LogP contribution is -2.27. The molecule has 120 valence electrons. The van der Waals surface area contributed by atoms with Crippen LogP contribution in [0.2, 0.25) is 0 Å². The lowest BCUT2D eigenvalue weighted by molar-refractivity contribution is 0.340. The van der Waals surface area contributed by atoms with Gasteiger partial charge in [0.25, 0.3) is 0 Å². The molecule has 0 saturated carbocycles. The number of nitriles is 1. The SMILES string of the molecule is CCOc1ccc(C(C#N)NS(=O)(=O)c2ccc(C)cc2)cc1. The molecule has 0 bridgehead atoms. The number of nitrogens with one attached hydrogen (secondary N) is 1. The molecule has 1 unspecified atom stereocenters. The molecule has 0 radical (unpaired) electrons. The van der Waals surface area contributed by atoms with Crippen LogP contribution in [0.25, 0.3) is 0 Å². The summed E-state index contributed by atoms with van der Waals surface area (Å²) in [5, 5.41) is 9.30. The fraction of sp³-hybridized carbons (Fsp3) is 0.235. The highest BCUT2D eigenvalue weighted by molar-refractivity contribution is 7.89. The summed E-state index contributed by atoms with van der Waals surface area (Å²) in [6.07, 6.45) is 0. The van der Waals surface area contributed by atoms with Gasteiger partial charge in [-0.1, -0.05) is 29.8 Å². The van der Waals surface area contributed by atoms with Gasteiger partial charge in [0.15, 0.2) is 0 Å². The first-order valence-corrected chi connectivity index (χ1v) is 8.66. The van der Waals surface area contributed by atoms with Crippen LogP contribution in [0.5, 0.6) is 5.75 Å². The summed E-state index contributed by atoms with van der Waals surface area (Å²) in [7, 11) is -3.76. The molecule has 1 atom stereocenters. The minimum Gasteiger partial charge on any atom is -0.494 e. The summed E-state index contributed by atoms with van der Waals surface area (Å²) >= 11 is 0. The third kappa shape index (κ3) is 4.31. The molecule has 2 aromatic carbocycles. The van der Waals surface area contributed by atoms with Gasteiger partial charge in [0.1, 0.15) is 11.8 Å². The van der Waals surface area contributed by atoms with Gasteiger partial charge in [0, 0.05) is 0 Å². The molecule has 0 amide bonds. The van der Waals surface area contributed by atoms with Crippen molar-refractivity contribution < 1.29 is 13.2 Å². The maximum Gasteiger partial charge on any atom is 0.241 e. The Hall–Kier alpha value is -2.36. The Morgan fingerprint density at radius 1 is 1.13 bits per heavy atom. The van der Waals surface area contributed by atoms with Crippen molar-refractivity contribution in [1.82, 2.24) is 4.72 Å². The summed E-state index contributed by atoms with van der Waals surface area (Å²) in [5.74, 6) is 0.675. The van der Waals surface area contributed by atoms with Crippen LogP contribution in [0.1, 0.15) is 24.1 Å². The van der Waals surface area contributed by atoms with E-state index in [1.807, 2.05) is 19.9 Å². The van der Waals surface area contributed by atoms with E-state index in [1.54, 1.807) is 36.4 Å². The molecule has 0 aromatic heterocycles. The third-order valence-corrected chi connectivity index (χ3v) is 4.70. The fourth-order valence-corrected chi connectivity index (χ4v) is 3.16. The second kappa shape index (κ2) is 7.27. The van der Waals surface area contributed by atoms with Gasteiger partial charge < -0.3 is 4.74 Å². The zero-order valence-corrected chi connectivity index (χ0v) is 13.8. The van der Waals surface area contributed by atoms with Crippen LogP contribution >= 0.6 is 0 Å². The van der Waals surface area contributed by atoms with E-state index < -0.39 is 16.1 Å². The van der Waals surface area contributed by atoms with Crippen LogP contribution in [-0.4, -0.2) is 15.0 Å². The van der Waals surface area contributed by atoms with Crippen molar-refractivity contribution >= 4 is 10.0 Å². The van der Waals surface area contributed by atoms with Crippen LogP contribution in [0.4, 0.5) is 0 Å². The van der Waals surface area contributed by atoms with Crippen LogP contribution in [0, 0.1) is 18.3 Å². The maximum atomic E-state index is 12.4. The molecule has 2 rings (SSSR count). The maximum absolute atomic E-state index is 12.4. The first-order valence-electron chi connectivity index (χ1n) is 7.17. The molecule has 0 heterocycles. The van der Waals surface area contributed by atoms with E-state index in [0.717, 1.165) is 5.56 Å². The Morgan fingerprint density at radius 2 is 1.74 bits per heavy atom. The van der Waals surface area contributed by atoms with E-state index in [0.29, 0.717) is 17.9 Å². The Kier molecular flexibility index (Phi) is 5.37. The second-order valence-electron chi connectivity index (χ2n) is 5.00. The number of sulfonamides is 1. The Balaban J connectivity index is 2.21. The third-order valence-electron chi connectivity index (χ3n) is 3.26.